The molecule has 9 heteroatoms. The fourth-order valence-corrected chi connectivity index (χ4v) is 1.76. The van der Waals surface area contributed by atoms with Crippen molar-refractivity contribution in [2.45, 2.75) is 0 Å². The second-order valence-corrected chi connectivity index (χ2v) is 4.38. The van der Waals surface area contributed by atoms with Crippen LogP contribution in [-0.2, 0) is 0 Å². The van der Waals surface area contributed by atoms with Gasteiger partial charge in [-0.2, -0.15) is 11.1 Å². The topological polar surface area (TPSA) is 146 Å². The van der Waals surface area contributed by atoms with Crippen molar-refractivity contribution in [1.82, 2.24) is 11.1 Å². The predicted molar refractivity (Wildman–Crippen MR) is 81.0 cm³/mol. The highest BCUT2D eigenvalue weighted by Gasteiger charge is 2.12. The van der Waals surface area contributed by atoms with Gasteiger partial charge in [0.25, 0.3) is 0 Å². The monoisotopic (exact) mass is 318 g/mol. The van der Waals surface area contributed by atoms with E-state index < -0.39 is 11.9 Å². The Morgan fingerprint density at radius 2 is 1.48 bits per heavy atom. The summed E-state index contributed by atoms with van der Waals surface area (Å²) in [6.07, 6.45) is 0. The van der Waals surface area contributed by atoms with Gasteiger partial charge >= 0.3 is 11.9 Å². The summed E-state index contributed by atoms with van der Waals surface area (Å²) in [5.74, 6) is 3.09. The molecule has 0 heterocycles. The van der Waals surface area contributed by atoms with Crippen LogP contribution in [-0.4, -0.2) is 22.2 Å². The van der Waals surface area contributed by atoms with Crippen LogP contribution < -0.4 is 27.1 Å². The molecule has 0 fully saturated rings. The third-order valence-electron chi connectivity index (χ3n) is 2.77. The molecular weight excluding hydrogens is 304 g/mol. The predicted octanol–water partition coefficient (Wildman–Crippen LogP) is 1.17. The summed E-state index contributed by atoms with van der Waals surface area (Å²) in [6, 6.07) is 10.2. The van der Waals surface area contributed by atoms with Crippen LogP contribution in [0.1, 0.15) is 20.7 Å². The van der Waals surface area contributed by atoms with E-state index in [1.807, 2.05) is 0 Å². The largest absolute Gasteiger partial charge is 0.478 e. The zero-order valence-electron chi connectivity index (χ0n) is 11.7. The van der Waals surface area contributed by atoms with Crippen molar-refractivity contribution in [1.29, 1.82) is 0 Å². The number of benzene rings is 2. The molecule has 9 nitrogen and oxygen atoms in total. The molecule has 0 saturated carbocycles. The Kier molecular flexibility index (Phi) is 5.10. The van der Waals surface area contributed by atoms with Crippen LogP contribution in [0.5, 0.6) is 11.5 Å². The van der Waals surface area contributed by atoms with E-state index in [1.165, 1.54) is 12.1 Å². The minimum atomic E-state index is -1.24. The normalized spacial score (nSPS) is 10.1. The highest BCUT2D eigenvalue weighted by atomic mass is 16.5. The molecule has 2 rings (SSSR count). The van der Waals surface area contributed by atoms with Gasteiger partial charge in [-0.3, -0.25) is 5.84 Å². The molecule has 0 amide bonds. The Labute approximate surface area is 130 Å². The van der Waals surface area contributed by atoms with E-state index in [-0.39, 0.29) is 16.9 Å². The smallest absolute Gasteiger partial charge is 0.335 e. The summed E-state index contributed by atoms with van der Waals surface area (Å²) in [7, 11) is 0. The van der Waals surface area contributed by atoms with Crippen molar-refractivity contribution in [2.75, 3.05) is 5.43 Å². The van der Waals surface area contributed by atoms with Gasteiger partial charge in [0.1, 0.15) is 11.5 Å². The molecule has 0 aliphatic heterocycles. The van der Waals surface area contributed by atoms with E-state index >= 15 is 0 Å². The third kappa shape index (κ3) is 4.41. The molecule has 120 valence electrons. The van der Waals surface area contributed by atoms with Crippen molar-refractivity contribution in [3.05, 3.63) is 53.6 Å². The van der Waals surface area contributed by atoms with Gasteiger partial charge in [0, 0.05) is 0 Å². The maximum Gasteiger partial charge on any atom is 0.335 e. The summed E-state index contributed by atoms with van der Waals surface area (Å²) in [5, 5.41) is 18.0. The highest BCUT2D eigenvalue weighted by molar-refractivity contribution is 5.94. The first-order chi connectivity index (χ1) is 11.0. The summed E-state index contributed by atoms with van der Waals surface area (Å²) >= 11 is 0. The number of carbonyl (C=O) groups is 2. The van der Waals surface area contributed by atoms with Gasteiger partial charge < -0.3 is 20.4 Å². The number of rotatable bonds is 7. The standard InChI is InChI=1S/C14H14N4O5/c15-17-18-16-10-1-3-11(4-2-10)23-12-6-8(13(19)20)5-9(7-12)14(21)22/h1-7,16-18H,15H2,(H,19,20)(H,21,22). The molecule has 0 radical (unpaired) electrons. The SMILES string of the molecule is NNNNc1ccc(Oc2cc(C(=O)O)cc(C(=O)O)c2)cc1. The average molecular weight is 318 g/mol. The Morgan fingerprint density at radius 3 is 1.96 bits per heavy atom. The van der Waals surface area contributed by atoms with Crippen LogP contribution in [0.2, 0.25) is 0 Å². The Bertz CT molecular complexity index is 685. The lowest BCUT2D eigenvalue weighted by Gasteiger charge is -2.10. The molecule has 0 spiro atoms. The zero-order valence-corrected chi connectivity index (χ0v) is 11.7. The highest BCUT2D eigenvalue weighted by Crippen LogP contribution is 2.25. The molecule has 7 N–H and O–H groups in total. The number of hydrogen-bond acceptors (Lipinski definition) is 7. The van der Waals surface area contributed by atoms with Gasteiger partial charge in [-0.25, -0.2) is 9.59 Å². The Morgan fingerprint density at radius 1 is 0.913 bits per heavy atom. The number of hydrazine groups is 3. The quantitative estimate of drug-likeness (QED) is 0.327. The molecule has 0 bridgehead atoms. The lowest BCUT2D eigenvalue weighted by atomic mass is 10.1. The van der Waals surface area contributed by atoms with Gasteiger partial charge in [-0.1, -0.05) is 0 Å². The molecular formula is C14H14N4O5. The number of nitrogens with two attached hydrogens (primary N) is 1. The van der Waals surface area contributed by atoms with Gasteiger partial charge in [0.05, 0.1) is 16.8 Å². The number of carboxylic acids is 2. The van der Waals surface area contributed by atoms with Crippen molar-refractivity contribution in [2.24, 2.45) is 5.84 Å². The third-order valence-corrected chi connectivity index (χ3v) is 2.77. The minimum Gasteiger partial charge on any atom is -0.478 e. The van der Waals surface area contributed by atoms with Crippen LogP contribution >= 0.6 is 0 Å². The molecule has 0 aliphatic rings. The molecule has 0 unspecified atom stereocenters. The van der Waals surface area contributed by atoms with Gasteiger partial charge in [-0.05, 0) is 42.5 Å². The molecule has 2 aromatic carbocycles. The van der Waals surface area contributed by atoms with Crippen molar-refractivity contribution >= 4 is 17.6 Å². The first kappa shape index (κ1) is 16.2. The lowest BCUT2D eigenvalue weighted by Crippen LogP contribution is -2.41. The Balaban J connectivity index is 2.21. The van der Waals surface area contributed by atoms with Gasteiger partial charge in [0.2, 0.25) is 0 Å². The number of anilines is 1. The fraction of sp³-hybridized carbons (Fsp3) is 0. The minimum absolute atomic E-state index is 0.116. The fourth-order valence-electron chi connectivity index (χ4n) is 1.76. The molecule has 0 saturated heterocycles. The number of ether oxygens (including phenoxy) is 1. The van der Waals surface area contributed by atoms with Crippen LogP contribution in [0.3, 0.4) is 0 Å². The van der Waals surface area contributed by atoms with Crippen molar-refractivity contribution in [3.63, 3.8) is 0 Å². The van der Waals surface area contributed by atoms with Gasteiger partial charge in [-0.15, -0.1) is 0 Å². The maximum atomic E-state index is 11.0. The molecule has 0 atom stereocenters. The number of aromatic carboxylic acids is 2. The molecule has 23 heavy (non-hydrogen) atoms. The van der Waals surface area contributed by atoms with Crippen LogP contribution in [0.4, 0.5) is 5.69 Å². The summed E-state index contributed by atoms with van der Waals surface area (Å²) in [6.45, 7) is 0. The lowest BCUT2D eigenvalue weighted by molar-refractivity contribution is 0.0696. The first-order valence-electron chi connectivity index (χ1n) is 6.36. The number of nitrogens with one attached hydrogen (secondary N) is 3. The second kappa shape index (κ2) is 7.22. The van der Waals surface area contributed by atoms with E-state index in [0.717, 1.165) is 6.07 Å². The second-order valence-electron chi connectivity index (χ2n) is 4.38. The first-order valence-corrected chi connectivity index (χ1v) is 6.36. The summed E-state index contributed by atoms with van der Waals surface area (Å²) in [5.41, 5.74) is 7.77. The van der Waals surface area contributed by atoms with Crippen molar-refractivity contribution < 1.29 is 24.5 Å². The molecule has 2 aromatic rings. The number of carboxylic acid groups (broad SMARTS) is 2. The van der Waals surface area contributed by atoms with E-state index in [9.17, 15) is 9.59 Å². The summed E-state index contributed by atoms with van der Waals surface area (Å²) < 4.78 is 5.50. The summed E-state index contributed by atoms with van der Waals surface area (Å²) in [4.78, 5) is 22.1. The van der Waals surface area contributed by atoms with E-state index in [2.05, 4.69) is 16.5 Å². The zero-order chi connectivity index (χ0) is 16.8. The van der Waals surface area contributed by atoms with E-state index in [0.29, 0.717) is 11.4 Å². The van der Waals surface area contributed by atoms with Crippen LogP contribution in [0.15, 0.2) is 42.5 Å². The number of hydrogen-bond donors (Lipinski definition) is 6. The molecule has 0 aromatic heterocycles. The van der Waals surface area contributed by atoms with Crippen LogP contribution in [0.25, 0.3) is 0 Å². The Hall–Kier alpha value is -3.14. The van der Waals surface area contributed by atoms with Gasteiger partial charge in [0.15, 0.2) is 0 Å². The molecule has 0 aliphatic carbocycles. The van der Waals surface area contributed by atoms with E-state index in [1.54, 1.807) is 24.3 Å². The average Bonchev–Trinajstić information content (AvgIpc) is 2.53. The maximum absolute atomic E-state index is 11.0. The van der Waals surface area contributed by atoms with Crippen molar-refractivity contribution in [3.8, 4) is 11.5 Å². The van der Waals surface area contributed by atoms with E-state index in [4.69, 9.17) is 20.8 Å². The van der Waals surface area contributed by atoms with Crippen LogP contribution in [0, 0.1) is 0 Å².